The monoisotopic (exact) mass is 413 g/mol. The molecule has 0 aliphatic carbocycles. The molecule has 31 heavy (non-hydrogen) atoms. The molecule has 2 aromatic carbocycles. The van der Waals surface area contributed by atoms with E-state index in [0.29, 0.717) is 0 Å². The van der Waals surface area contributed by atoms with Crippen LogP contribution in [0.5, 0.6) is 5.75 Å². The molecule has 3 aromatic rings. The van der Waals surface area contributed by atoms with E-state index in [9.17, 15) is 4.79 Å². The minimum Gasteiger partial charge on any atom is -0.489 e. The Morgan fingerprint density at radius 2 is 1.52 bits per heavy atom. The van der Waals surface area contributed by atoms with Crippen molar-refractivity contribution in [3.05, 3.63) is 96.3 Å². The number of nitrogens with zero attached hydrogens (tertiary/aromatic N) is 2. The number of piperidine rings is 1. The highest BCUT2D eigenvalue weighted by molar-refractivity contribution is 5.76. The lowest BCUT2D eigenvalue weighted by Crippen LogP contribution is -2.53. The van der Waals surface area contributed by atoms with E-state index in [1.54, 1.807) is 12.4 Å². The van der Waals surface area contributed by atoms with Crippen molar-refractivity contribution in [3.8, 4) is 5.75 Å². The van der Waals surface area contributed by atoms with E-state index in [-0.39, 0.29) is 30.3 Å². The summed E-state index contributed by atoms with van der Waals surface area (Å²) in [6.45, 7) is 0. The molecule has 2 saturated heterocycles. The third-order valence-electron chi connectivity index (χ3n) is 6.40. The number of amides is 2. The number of ether oxygens (including phenoxy) is 1. The lowest BCUT2D eigenvalue weighted by molar-refractivity contribution is 0.0679. The first-order valence-corrected chi connectivity index (χ1v) is 11.0. The van der Waals surface area contributed by atoms with E-state index in [0.717, 1.165) is 42.6 Å². The van der Waals surface area contributed by atoms with Gasteiger partial charge in [-0.05, 0) is 36.1 Å². The first-order chi connectivity index (χ1) is 15.3. The summed E-state index contributed by atoms with van der Waals surface area (Å²) in [6.07, 6.45) is 7.42. The molecule has 2 bridgehead atoms. The van der Waals surface area contributed by atoms with Gasteiger partial charge >= 0.3 is 6.03 Å². The first kappa shape index (κ1) is 19.6. The van der Waals surface area contributed by atoms with Gasteiger partial charge in [-0.3, -0.25) is 4.98 Å². The Bertz CT molecular complexity index is 943. The number of carbonyl (C=O) groups excluding carboxylic acids is 1. The van der Waals surface area contributed by atoms with E-state index in [2.05, 4.69) is 39.5 Å². The van der Waals surface area contributed by atoms with Gasteiger partial charge in [0.05, 0.1) is 12.2 Å². The van der Waals surface area contributed by atoms with E-state index in [1.807, 2.05) is 48.5 Å². The van der Waals surface area contributed by atoms with Crippen molar-refractivity contribution in [3.63, 3.8) is 0 Å². The fourth-order valence-electron chi connectivity index (χ4n) is 5.01. The molecular formula is C26H27N3O2. The number of hydrogen-bond donors (Lipinski definition) is 1. The van der Waals surface area contributed by atoms with Crippen molar-refractivity contribution in [2.24, 2.45) is 0 Å². The molecule has 0 saturated carbocycles. The van der Waals surface area contributed by atoms with E-state index in [4.69, 9.17) is 4.74 Å². The number of rotatable bonds is 5. The quantitative estimate of drug-likeness (QED) is 0.644. The molecule has 5 rings (SSSR count). The average molecular weight is 414 g/mol. The molecule has 2 amide bonds. The van der Waals surface area contributed by atoms with Crippen LogP contribution in [0.2, 0.25) is 0 Å². The van der Waals surface area contributed by atoms with Crippen LogP contribution in [-0.2, 0) is 0 Å². The second kappa shape index (κ2) is 8.80. The van der Waals surface area contributed by atoms with Crippen LogP contribution < -0.4 is 10.1 Å². The van der Waals surface area contributed by atoms with Crippen molar-refractivity contribution < 1.29 is 9.53 Å². The standard InChI is InChI=1S/C26H27N3O2/c30-26(28-25(19-8-3-1-4-9-19)20-10-5-2-6-11-20)29-21-13-14-22(29)17-24(16-21)31-23-12-7-15-27-18-23/h1-12,15,18,21-22,24-25H,13-14,16-17H2,(H,28,30). The van der Waals surface area contributed by atoms with Gasteiger partial charge in [0.15, 0.2) is 0 Å². The molecule has 2 unspecified atom stereocenters. The molecule has 0 radical (unpaired) electrons. The molecule has 3 heterocycles. The highest BCUT2D eigenvalue weighted by atomic mass is 16.5. The van der Waals surface area contributed by atoms with Crippen LogP contribution in [0.1, 0.15) is 42.9 Å². The van der Waals surface area contributed by atoms with Crippen molar-refractivity contribution in [2.45, 2.75) is 49.9 Å². The Hall–Kier alpha value is -3.34. The third-order valence-corrected chi connectivity index (χ3v) is 6.40. The predicted octanol–water partition coefficient (Wildman–Crippen LogP) is 4.96. The van der Waals surface area contributed by atoms with Gasteiger partial charge < -0.3 is 15.0 Å². The van der Waals surface area contributed by atoms with Crippen molar-refractivity contribution in [1.29, 1.82) is 0 Å². The summed E-state index contributed by atoms with van der Waals surface area (Å²) in [5.41, 5.74) is 2.17. The maximum atomic E-state index is 13.4. The Kier molecular flexibility index (Phi) is 5.57. The van der Waals surface area contributed by atoms with Gasteiger partial charge in [0.25, 0.3) is 0 Å². The summed E-state index contributed by atoms with van der Waals surface area (Å²) in [7, 11) is 0. The fourth-order valence-corrected chi connectivity index (χ4v) is 5.01. The molecule has 5 nitrogen and oxygen atoms in total. The summed E-state index contributed by atoms with van der Waals surface area (Å²) in [4.78, 5) is 19.7. The molecule has 1 N–H and O–H groups in total. The zero-order chi connectivity index (χ0) is 21.0. The number of urea groups is 1. The number of benzene rings is 2. The van der Waals surface area contributed by atoms with Crippen LogP contribution in [0.25, 0.3) is 0 Å². The van der Waals surface area contributed by atoms with Gasteiger partial charge in [0.2, 0.25) is 0 Å². The molecular weight excluding hydrogens is 386 g/mol. The lowest BCUT2D eigenvalue weighted by atomic mass is 9.98. The summed E-state index contributed by atoms with van der Waals surface area (Å²) in [5.74, 6) is 0.804. The normalized spacial score (nSPS) is 22.4. The number of nitrogens with one attached hydrogen (secondary N) is 1. The van der Waals surface area contributed by atoms with Crippen LogP contribution in [0, 0.1) is 0 Å². The smallest absolute Gasteiger partial charge is 0.318 e. The molecule has 5 heteroatoms. The van der Waals surface area contributed by atoms with E-state index in [1.165, 1.54) is 0 Å². The molecule has 1 aromatic heterocycles. The molecule has 2 fully saturated rings. The largest absolute Gasteiger partial charge is 0.489 e. The number of carbonyl (C=O) groups is 1. The summed E-state index contributed by atoms with van der Waals surface area (Å²) in [6, 6.07) is 24.5. The number of fused-ring (bicyclic) bond motifs is 2. The van der Waals surface area contributed by atoms with Crippen LogP contribution in [0.3, 0.4) is 0 Å². The predicted molar refractivity (Wildman–Crippen MR) is 120 cm³/mol. The fraction of sp³-hybridized carbons (Fsp3) is 0.308. The zero-order valence-corrected chi connectivity index (χ0v) is 17.4. The SMILES string of the molecule is O=C(NC(c1ccccc1)c1ccccc1)N1C2CCC1CC(Oc1cccnc1)C2. The van der Waals surface area contributed by atoms with Gasteiger partial charge in [-0.15, -0.1) is 0 Å². The first-order valence-electron chi connectivity index (χ1n) is 11.0. The van der Waals surface area contributed by atoms with E-state index >= 15 is 0 Å². The topological polar surface area (TPSA) is 54.5 Å². The van der Waals surface area contributed by atoms with Gasteiger partial charge in [-0.2, -0.15) is 0 Å². The number of pyridine rings is 1. The number of hydrogen-bond acceptors (Lipinski definition) is 3. The van der Waals surface area contributed by atoms with Crippen LogP contribution >= 0.6 is 0 Å². The average Bonchev–Trinajstić information content (AvgIpc) is 3.10. The zero-order valence-electron chi connectivity index (χ0n) is 17.4. The van der Waals surface area contributed by atoms with E-state index < -0.39 is 0 Å². The minimum atomic E-state index is -0.168. The highest BCUT2D eigenvalue weighted by Crippen LogP contribution is 2.37. The van der Waals surface area contributed by atoms with Crippen LogP contribution in [-0.4, -0.2) is 34.1 Å². The minimum absolute atomic E-state index is 0.0185. The Morgan fingerprint density at radius 1 is 0.903 bits per heavy atom. The maximum Gasteiger partial charge on any atom is 0.318 e. The lowest BCUT2D eigenvalue weighted by Gasteiger charge is -2.39. The molecule has 0 spiro atoms. The van der Waals surface area contributed by atoms with Gasteiger partial charge in [0.1, 0.15) is 11.9 Å². The maximum absolute atomic E-state index is 13.4. The van der Waals surface area contributed by atoms with Gasteiger partial charge in [-0.1, -0.05) is 60.7 Å². The Morgan fingerprint density at radius 3 is 2.06 bits per heavy atom. The second-order valence-corrected chi connectivity index (χ2v) is 8.40. The van der Waals surface area contributed by atoms with Crippen LogP contribution in [0.4, 0.5) is 4.79 Å². The van der Waals surface area contributed by atoms with Gasteiger partial charge in [-0.25, -0.2) is 4.79 Å². The number of aromatic nitrogens is 1. The van der Waals surface area contributed by atoms with Gasteiger partial charge in [0, 0.05) is 31.1 Å². The molecule has 2 aliphatic heterocycles. The molecule has 2 aliphatic rings. The second-order valence-electron chi connectivity index (χ2n) is 8.40. The summed E-state index contributed by atoms with van der Waals surface area (Å²) < 4.78 is 6.16. The summed E-state index contributed by atoms with van der Waals surface area (Å²) >= 11 is 0. The van der Waals surface area contributed by atoms with Crippen molar-refractivity contribution >= 4 is 6.03 Å². The third kappa shape index (κ3) is 4.26. The Labute approximate surface area is 183 Å². The Balaban J connectivity index is 1.31. The van der Waals surface area contributed by atoms with Crippen molar-refractivity contribution in [1.82, 2.24) is 15.2 Å². The van der Waals surface area contributed by atoms with Crippen molar-refractivity contribution in [2.75, 3.05) is 0 Å². The molecule has 2 atom stereocenters. The molecule has 158 valence electrons. The van der Waals surface area contributed by atoms with Crippen LogP contribution in [0.15, 0.2) is 85.2 Å². The summed E-state index contributed by atoms with van der Waals surface area (Å²) in [5, 5.41) is 3.32. The highest BCUT2D eigenvalue weighted by Gasteiger charge is 2.44.